The van der Waals surface area contributed by atoms with E-state index in [-0.39, 0.29) is 23.6 Å². The molecular weight excluding hydrogens is 214 g/mol. The van der Waals surface area contributed by atoms with Gasteiger partial charge in [0.15, 0.2) is 0 Å². The zero-order chi connectivity index (χ0) is 10.7. The van der Waals surface area contributed by atoms with Gasteiger partial charge in [-0.05, 0) is 12.1 Å². The van der Waals surface area contributed by atoms with Gasteiger partial charge in [-0.2, -0.15) is 0 Å². The predicted octanol–water partition coefficient (Wildman–Crippen LogP) is 1.15. The zero-order valence-corrected chi connectivity index (χ0v) is 8.66. The first-order valence-electron chi connectivity index (χ1n) is 4.38. The number of hydrogen-bond acceptors (Lipinski definition) is 5. The number of carbonyl (C=O) groups excluding carboxylic acids is 2. The van der Waals surface area contributed by atoms with Crippen molar-refractivity contribution < 1.29 is 9.59 Å². The largest absolute Gasteiger partial charge is 0.367 e. The summed E-state index contributed by atoms with van der Waals surface area (Å²) in [4.78, 5) is 27.5. The van der Waals surface area contributed by atoms with Gasteiger partial charge >= 0.3 is 0 Å². The number of aromatic nitrogens is 1. The summed E-state index contributed by atoms with van der Waals surface area (Å²) in [5, 5.41) is 2.79. The minimum atomic E-state index is -0.193. The number of hydrogen-bond donors (Lipinski definition) is 1. The Hall–Kier alpha value is -1.56. The topological polar surface area (TPSA) is 62.3 Å². The summed E-state index contributed by atoms with van der Waals surface area (Å²) in [6, 6.07) is 3.55. The molecule has 0 radical (unpaired) electrons. The third kappa shape index (κ3) is 2.27. The molecule has 1 aliphatic heterocycles. The van der Waals surface area contributed by atoms with Crippen molar-refractivity contribution in [1.82, 2.24) is 9.88 Å². The highest BCUT2D eigenvalue weighted by molar-refractivity contribution is 8.14. The van der Waals surface area contributed by atoms with Gasteiger partial charge in [0.2, 0.25) is 5.91 Å². The van der Waals surface area contributed by atoms with E-state index in [2.05, 4.69) is 10.3 Å². The Morgan fingerprint density at radius 2 is 2.13 bits per heavy atom. The first-order chi connectivity index (χ1) is 7.27. The van der Waals surface area contributed by atoms with Gasteiger partial charge in [-0.3, -0.25) is 19.5 Å². The minimum Gasteiger partial charge on any atom is -0.367 e. The van der Waals surface area contributed by atoms with Gasteiger partial charge in [-0.25, -0.2) is 0 Å². The van der Waals surface area contributed by atoms with Crippen LogP contribution in [0.15, 0.2) is 24.5 Å². The number of rotatable bonds is 3. The average Bonchev–Trinajstić information content (AvgIpc) is 2.58. The van der Waals surface area contributed by atoms with Crippen molar-refractivity contribution in [3.05, 3.63) is 24.5 Å². The van der Waals surface area contributed by atoms with Crippen molar-refractivity contribution >= 4 is 28.6 Å². The lowest BCUT2D eigenvalue weighted by Gasteiger charge is -2.14. The lowest BCUT2D eigenvalue weighted by Crippen LogP contribution is -2.33. The standard InChI is InChI=1S/C9H9N3O2S/c13-8-5-15-9(14)12(8)6-11-7-1-3-10-4-2-7/h1-4H,5-6H2,(H,10,11). The van der Waals surface area contributed by atoms with Crippen molar-refractivity contribution in [2.24, 2.45) is 0 Å². The molecule has 5 nitrogen and oxygen atoms in total. The molecule has 1 aromatic rings. The van der Waals surface area contributed by atoms with Crippen molar-refractivity contribution in [3.63, 3.8) is 0 Å². The van der Waals surface area contributed by atoms with Crippen LogP contribution in [-0.4, -0.2) is 33.5 Å². The Kier molecular flexibility index (Phi) is 2.86. The molecule has 0 aromatic carbocycles. The number of carbonyl (C=O) groups is 2. The summed E-state index contributed by atoms with van der Waals surface area (Å²) in [6.45, 7) is 0.217. The van der Waals surface area contributed by atoms with E-state index in [9.17, 15) is 9.59 Å². The van der Waals surface area contributed by atoms with Crippen LogP contribution in [0.4, 0.5) is 10.5 Å². The van der Waals surface area contributed by atoms with Crippen molar-refractivity contribution in [2.75, 3.05) is 17.7 Å². The number of pyridine rings is 1. The number of anilines is 1. The Bertz CT molecular complexity index is 366. The second-order valence-electron chi connectivity index (χ2n) is 2.95. The number of nitrogens with zero attached hydrogens (tertiary/aromatic N) is 2. The summed E-state index contributed by atoms with van der Waals surface area (Å²) in [6.07, 6.45) is 3.29. The molecule has 6 heteroatoms. The molecule has 0 unspecified atom stereocenters. The summed E-state index contributed by atoms with van der Waals surface area (Å²) < 4.78 is 0. The van der Waals surface area contributed by atoms with Crippen LogP contribution in [0.25, 0.3) is 0 Å². The Labute approximate surface area is 90.9 Å². The van der Waals surface area contributed by atoms with Crippen LogP contribution in [-0.2, 0) is 4.79 Å². The molecule has 78 valence electrons. The third-order valence-corrected chi connectivity index (χ3v) is 2.82. The fourth-order valence-electron chi connectivity index (χ4n) is 1.17. The van der Waals surface area contributed by atoms with Gasteiger partial charge in [0.25, 0.3) is 5.24 Å². The van der Waals surface area contributed by atoms with Gasteiger partial charge in [-0.15, -0.1) is 0 Å². The maximum absolute atomic E-state index is 11.2. The van der Waals surface area contributed by atoms with Gasteiger partial charge in [0.05, 0.1) is 12.4 Å². The molecule has 2 amide bonds. The van der Waals surface area contributed by atoms with Crippen LogP contribution >= 0.6 is 11.8 Å². The molecule has 1 N–H and O–H groups in total. The maximum Gasteiger partial charge on any atom is 0.290 e. The number of nitrogens with one attached hydrogen (secondary N) is 1. The minimum absolute atomic E-state index is 0.147. The van der Waals surface area contributed by atoms with E-state index in [0.717, 1.165) is 17.4 Å². The lowest BCUT2D eigenvalue weighted by molar-refractivity contribution is -0.124. The van der Waals surface area contributed by atoms with Crippen LogP contribution in [0.2, 0.25) is 0 Å². The summed E-state index contributed by atoms with van der Waals surface area (Å²) in [5.41, 5.74) is 0.836. The molecule has 0 saturated carbocycles. The maximum atomic E-state index is 11.2. The Balaban J connectivity index is 1.93. The smallest absolute Gasteiger partial charge is 0.290 e. The van der Waals surface area contributed by atoms with Gasteiger partial charge in [0, 0.05) is 18.1 Å². The molecule has 2 rings (SSSR count). The molecule has 1 aliphatic rings. The van der Waals surface area contributed by atoms with Gasteiger partial charge in [-0.1, -0.05) is 11.8 Å². The van der Waals surface area contributed by atoms with E-state index in [0.29, 0.717) is 0 Å². The van der Waals surface area contributed by atoms with E-state index in [4.69, 9.17) is 0 Å². The monoisotopic (exact) mass is 223 g/mol. The normalized spacial score (nSPS) is 15.9. The highest BCUT2D eigenvalue weighted by atomic mass is 32.2. The van der Waals surface area contributed by atoms with Crippen LogP contribution in [0.3, 0.4) is 0 Å². The first-order valence-corrected chi connectivity index (χ1v) is 5.37. The second-order valence-corrected chi connectivity index (χ2v) is 3.87. The van der Waals surface area contributed by atoms with E-state index >= 15 is 0 Å². The van der Waals surface area contributed by atoms with Crippen LogP contribution in [0.1, 0.15) is 0 Å². The molecule has 1 fully saturated rings. The molecule has 0 atom stereocenters. The molecule has 2 heterocycles. The second kappa shape index (κ2) is 4.31. The van der Waals surface area contributed by atoms with Crippen molar-refractivity contribution in [1.29, 1.82) is 0 Å². The highest BCUT2D eigenvalue weighted by Crippen LogP contribution is 2.18. The third-order valence-electron chi connectivity index (χ3n) is 1.96. The predicted molar refractivity (Wildman–Crippen MR) is 57.4 cm³/mol. The van der Waals surface area contributed by atoms with E-state index in [1.165, 1.54) is 4.90 Å². The lowest BCUT2D eigenvalue weighted by atomic mass is 10.4. The van der Waals surface area contributed by atoms with Crippen molar-refractivity contribution in [3.8, 4) is 0 Å². The molecule has 1 saturated heterocycles. The fourth-order valence-corrected chi connectivity index (χ4v) is 1.90. The summed E-state index contributed by atoms with van der Waals surface area (Å²) >= 11 is 1.03. The Morgan fingerprint density at radius 1 is 1.40 bits per heavy atom. The number of thioether (sulfide) groups is 1. The number of imide groups is 1. The molecular formula is C9H9N3O2S. The summed E-state index contributed by atoms with van der Waals surface area (Å²) in [5.74, 6) is 0.100. The quantitative estimate of drug-likeness (QED) is 0.832. The summed E-state index contributed by atoms with van der Waals surface area (Å²) in [7, 11) is 0. The average molecular weight is 223 g/mol. The Morgan fingerprint density at radius 3 is 2.73 bits per heavy atom. The zero-order valence-electron chi connectivity index (χ0n) is 7.84. The van der Waals surface area contributed by atoms with Crippen molar-refractivity contribution in [2.45, 2.75) is 0 Å². The SMILES string of the molecule is O=C1CSC(=O)N1CNc1ccncc1. The molecule has 0 spiro atoms. The first kappa shape index (κ1) is 9.97. The number of amides is 2. The van der Waals surface area contributed by atoms with Crippen LogP contribution < -0.4 is 5.32 Å². The van der Waals surface area contributed by atoms with E-state index in [1.54, 1.807) is 24.5 Å². The molecule has 0 bridgehead atoms. The van der Waals surface area contributed by atoms with Crippen LogP contribution in [0.5, 0.6) is 0 Å². The van der Waals surface area contributed by atoms with Crippen LogP contribution in [0, 0.1) is 0 Å². The molecule has 1 aromatic heterocycles. The molecule has 0 aliphatic carbocycles. The van der Waals surface area contributed by atoms with Gasteiger partial charge in [0.1, 0.15) is 0 Å². The highest BCUT2D eigenvalue weighted by Gasteiger charge is 2.29. The fraction of sp³-hybridized carbons (Fsp3) is 0.222. The van der Waals surface area contributed by atoms with E-state index < -0.39 is 0 Å². The molecule has 15 heavy (non-hydrogen) atoms. The van der Waals surface area contributed by atoms with Gasteiger partial charge < -0.3 is 5.32 Å². The van der Waals surface area contributed by atoms with E-state index in [1.807, 2.05) is 0 Å².